The van der Waals surface area contributed by atoms with Crippen LogP contribution in [-0.2, 0) is 20.8 Å². The highest BCUT2D eigenvalue weighted by atomic mass is 16.7. The van der Waals surface area contributed by atoms with Crippen molar-refractivity contribution in [2.45, 2.75) is 31.5 Å². The maximum absolute atomic E-state index is 12.6. The van der Waals surface area contributed by atoms with Crippen LogP contribution in [0.3, 0.4) is 0 Å². The lowest BCUT2D eigenvalue weighted by molar-refractivity contribution is -0.163. The Labute approximate surface area is 179 Å². The second-order valence-corrected chi connectivity index (χ2v) is 7.39. The van der Waals surface area contributed by atoms with Crippen molar-refractivity contribution >= 4 is 23.9 Å². The van der Waals surface area contributed by atoms with Gasteiger partial charge in [0.15, 0.2) is 0 Å². The van der Waals surface area contributed by atoms with Gasteiger partial charge in [0.2, 0.25) is 5.91 Å². The molecule has 3 atom stereocenters. The summed E-state index contributed by atoms with van der Waals surface area (Å²) in [6.07, 6.45) is 2.71. The Morgan fingerprint density at radius 1 is 1.06 bits per heavy atom. The molecule has 2 heterocycles. The Balaban J connectivity index is 1.45. The van der Waals surface area contributed by atoms with E-state index in [0.717, 1.165) is 11.1 Å². The molecule has 1 saturated heterocycles. The Bertz CT molecular complexity index is 1040. The standard InChI is InChI=1S/C23H22N4O4/c1-15-12-13-24-27-20(21(15)31-26-22(29)17-10-6-3-7-11-17)19(23(27)30)25-18(28)14-16-8-4-2-5-9-16/h2-13,19-21H,14H2,1H3,(H,25,28)(H,26,29)/t19-,20+,21-/m1/s1. The van der Waals surface area contributed by atoms with Crippen molar-refractivity contribution in [2.75, 3.05) is 0 Å². The summed E-state index contributed by atoms with van der Waals surface area (Å²) in [6, 6.07) is 16.6. The summed E-state index contributed by atoms with van der Waals surface area (Å²) in [5.74, 6) is -1.000. The minimum absolute atomic E-state index is 0.158. The molecule has 8 nitrogen and oxygen atoms in total. The molecule has 2 aromatic carbocycles. The van der Waals surface area contributed by atoms with Gasteiger partial charge in [-0.3, -0.25) is 19.2 Å². The molecule has 31 heavy (non-hydrogen) atoms. The number of hydroxylamine groups is 1. The van der Waals surface area contributed by atoms with Crippen LogP contribution >= 0.6 is 0 Å². The van der Waals surface area contributed by atoms with Gasteiger partial charge in [-0.15, -0.1) is 0 Å². The van der Waals surface area contributed by atoms with Crippen LogP contribution in [0, 0.1) is 0 Å². The molecule has 158 valence electrons. The van der Waals surface area contributed by atoms with Gasteiger partial charge in [-0.05, 0) is 36.3 Å². The third-order valence-corrected chi connectivity index (χ3v) is 5.24. The van der Waals surface area contributed by atoms with Crippen LogP contribution in [0.15, 0.2) is 77.4 Å². The molecule has 8 heteroatoms. The Hall–Kier alpha value is -3.78. The van der Waals surface area contributed by atoms with Crippen molar-refractivity contribution in [3.05, 3.63) is 83.4 Å². The van der Waals surface area contributed by atoms with Crippen LogP contribution in [0.25, 0.3) is 0 Å². The monoisotopic (exact) mass is 418 g/mol. The smallest absolute Gasteiger partial charge is 0.274 e. The highest BCUT2D eigenvalue weighted by Crippen LogP contribution is 2.30. The number of β-lactam (4-membered cyclic amide) rings is 1. The molecule has 0 unspecified atom stereocenters. The summed E-state index contributed by atoms with van der Waals surface area (Å²) in [7, 11) is 0. The molecule has 2 aromatic rings. The van der Waals surface area contributed by atoms with Gasteiger partial charge < -0.3 is 5.32 Å². The quantitative estimate of drug-likeness (QED) is 0.550. The summed E-state index contributed by atoms with van der Waals surface area (Å²) < 4.78 is 0. The van der Waals surface area contributed by atoms with Gasteiger partial charge in [0.1, 0.15) is 18.2 Å². The number of rotatable bonds is 6. The third-order valence-electron chi connectivity index (χ3n) is 5.24. The molecule has 3 amide bonds. The Morgan fingerprint density at radius 3 is 2.45 bits per heavy atom. The van der Waals surface area contributed by atoms with Gasteiger partial charge in [0, 0.05) is 11.8 Å². The average molecular weight is 418 g/mol. The van der Waals surface area contributed by atoms with E-state index in [4.69, 9.17) is 4.84 Å². The number of fused-ring (bicyclic) bond motifs is 1. The lowest BCUT2D eigenvalue weighted by Crippen LogP contribution is -2.73. The van der Waals surface area contributed by atoms with E-state index in [9.17, 15) is 14.4 Å². The van der Waals surface area contributed by atoms with Crippen molar-refractivity contribution in [2.24, 2.45) is 5.10 Å². The molecule has 4 rings (SSSR count). The SMILES string of the molecule is CC1=CC=NN2C(=O)[C@H](NC(=O)Cc3ccccc3)[C@H]2[C@@H]1ONC(=O)c1ccccc1. The van der Waals surface area contributed by atoms with Crippen LogP contribution < -0.4 is 10.8 Å². The first-order valence-corrected chi connectivity index (χ1v) is 9.93. The molecule has 0 radical (unpaired) electrons. The van der Waals surface area contributed by atoms with E-state index in [2.05, 4.69) is 15.9 Å². The van der Waals surface area contributed by atoms with E-state index in [1.807, 2.05) is 43.3 Å². The van der Waals surface area contributed by atoms with Crippen molar-refractivity contribution in [3.63, 3.8) is 0 Å². The molecular weight excluding hydrogens is 396 g/mol. The predicted molar refractivity (Wildman–Crippen MR) is 114 cm³/mol. The molecule has 0 spiro atoms. The minimum atomic E-state index is -0.798. The fourth-order valence-corrected chi connectivity index (χ4v) is 3.60. The first-order chi connectivity index (χ1) is 15.0. The van der Waals surface area contributed by atoms with E-state index in [0.29, 0.717) is 5.56 Å². The molecule has 2 aliphatic heterocycles. The van der Waals surface area contributed by atoms with Gasteiger partial charge in [-0.1, -0.05) is 48.5 Å². The zero-order valence-electron chi connectivity index (χ0n) is 16.9. The number of carbonyl (C=O) groups is 3. The first-order valence-electron chi connectivity index (χ1n) is 9.93. The summed E-state index contributed by atoms with van der Waals surface area (Å²) in [5.41, 5.74) is 4.51. The van der Waals surface area contributed by atoms with Crippen molar-refractivity contribution in [1.82, 2.24) is 15.8 Å². The second kappa shape index (κ2) is 8.93. The number of nitrogens with one attached hydrogen (secondary N) is 2. The lowest BCUT2D eigenvalue weighted by atomic mass is 9.88. The molecule has 0 saturated carbocycles. The highest BCUT2D eigenvalue weighted by molar-refractivity contribution is 5.95. The largest absolute Gasteiger partial charge is 0.342 e. The van der Waals surface area contributed by atoms with Crippen molar-refractivity contribution < 1.29 is 19.2 Å². The van der Waals surface area contributed by atoms with Crippen LogP contribution in [0.1, 0.15) is 22.8 Å². The van der Waals surface area contributed by atoms with Gasteiger partial charge in [0.25, 0.3) is 11.8 Å². The van der Waals surface area contributed by atoms with Crippen LogP contribution in [0.4, 0.5) is 0 Å². The van der Waals surface area contributed by atoms with E-state index in [1.165, 1.54) is 11.2 Å². The summed E-state index contributed by atoms with van der Waals surface area (Å²) >= 11 is 0. The zero-order valence-corrected chi connectivity index (χ0v) is 16.9. The van der Waals surface area contributed by atoms with Gasteiger partial charge in [-0.25, -0.2) is 10.5 Å². The second-order valence-electron chi connectivity index (χ2n) is 7.39. The van der Waals surface area contributed by atoms with Gasteiger partial charge in [0.05, 0.1) is 6.42 Å². The summed E-state index contributed by atoms with van der Waals surface area (Å²) in [5, 5.41) is 8.20. The molecule has 0 aliphatic carbocycles. The number of carbonyl (C=O) groups excluding carboxylic acids is 3. The van der Waals surface area contributed by atoms with E-state index < -0.39 is 24.1 Å². The number of nitrogens with zero attached hydrogens (tertiary/aromatic N) is 2. The molecule has 2 N–H and O–H groups in total. The summed E-state index contributed by atoms with van der Waals surface area (Å²) in [4.78, 5) is 43.2. The van der Waals surface area contributed by atoms with E-state index >= 15 is 0 Å². The summed E-state index contributed by atoms with van der Waals surface area (Å²) in [6.45, 7) is 1.82. The van der Waals surface area contributed by atoms with Crippen molar-refractivity contribution in [1.29, 1.82) is 0 Å². The third kappa shape index (κ3) is 4.39. The predicted octanol–water partition coefficient (Wildman–Crippen LogP) is 1.60. The van der Waals surface area contributed by atoms with E-state index in [1.54, 1.807) is 30.3 Å². The highest BCUT2D eigenvalue weighted by Gasteiger charge is 2.54. The fraction of sp³-hybridized carbons (Fsp3) is 0.217. The Morgan fingerprint density at radius 2 is 1.74 bits per heavy atom. The normalized spacial score (nSPS) is 22.0. The minimum Gasteiger partial charge on any atom is -0.342 e. The molecule has 2 aliphatic rings. The Kier molecular flexibility index (Phi) is 5.90. The topological polar surface area (TPSA) is 100 Å². The molecule has 0 aromatic heterocycles. The number of hydrogen-bond donors (Lipinski definition) is 2. The number of allylic oxidation sites excluding steroid dienone is 1. The number of hydrogen-bond acceptors (Lipinski definition) is 5. The number of hydrazone groups is 1. The van der Waals surface area contributed by atoms with Crippen LogP contribution in [0.2, 0.25) is 0 Å². The fourth-order valence-electron chi connectivity index (χ4n) is 3.60. The maximum Gasteiger partial charge on any atom is 0.274 e. The first kappa shape index (κ1) is 20.5. The molecule has 1 fully saturated rings. The van der Waals surface area contributed by atoms with Gasteiger partial charge >= 0.3 is 0 Å². The molecular formula is C23H22N4O4. The molecule has 0 bridgehead atoms. The number of amides is 3. The number of benzene rings is 2. The lowest BCUT2D eigenvalue weighted by Gasteiger charge is -2.46. The van der Waals surface area contributed by atoms with Crippen molar-refractivity contribution in [3.8, 4) is 0 Å². The van der Waals surface area contributed by atoms with Crippen LogP contribution in [0.5, 0.6) is 0 Å². The average Bonchev–Trinajstić information content (AvgIpc) is 2.93. The maximum atomic E-state index is 12.6. The van der Waals surface area contributed by atoms with E-state index in [-0.39, 0.29) is 18.2 Å². The van der Waals surface area contributed by atoms with Gasteiger partial charge in [-0.2, -0.15) is 5.10 Å². The van der Waals surface area contributed by atoms with Crippen LogP contribution in [-0.4, -0.2) is 47.1 Å². The zero-order chi connectivity index (χ0) is 21.8.